The van der Waals surface area contributed by atoms with E-state index in [1.807, 2.05) is 47.4 Å². The first-order valence-electron chi connectivity index (χ1n) is 10.0. The standard InChI is InChI=1S/C23H24N4O4/c24-14-18-6-8-20(9-7-18)26-12-13-27(22(29)16-26)15-21(28)25-11-10-23(30)31-17-19-4-2-1-3-5-19/h1-9H,10-13,15-17H2,(H,25,28). The molecule has 31 heavy (non-hydrogen) atoms. The summed E-state index contributed by atoms with van der Waals surface area (Å²) in [4.78, 5) is 39.8. The van der Waals surface area contributed by atoms with Crippen LogP contribution in [0.15, 0.2) is 54.6 Å². The summed E-state index contributed by atoms with van der Waals surface area (Å²) in [6, 6.07) is 18.5. The van der Waals surface area contributed by atoms with Gasteiger partial charge in [0.25, 0.3) is 0 Å². The monoisotopic (exact) mass is 420 g/mol. The lowest BCUT2D eigenvalue weighted by molar-refractivity contribution is -0.145. The molecule has 2 amide bonds. The summed E-state index contributed by atoms with van der Waals surface area (Å²) in [6.45, 7) is 1.50. The van der Waals surface area contributed by atoms with Crippen LogP contribution in [0.3, 0.4) is 0 Å². The van der Waals surface area contributed by atoms with Crippen molar-refractivity contribution in [2.75, 3.05) is 37.6 Å². The third kappa shape index (κ3) is 6.57. The van der Waals surface area contributed by atoms with Crippen LogP contribution in [-0.2, 0) is 25.7 Å². The molecule has 0 aromatic heterocycles. The molecule has 0 spiro atoms. The SMILES string of the molecule is N#Cc1ccc(N2CCN(CC(=O)NCCC(=O)OCc3ccccc3)C(=O)C2)cc1. The summed E-state index contributed by atoms with van der Waals surface area (Å²) in [5.74, 6) is -0.847. The van der Waals surface area contributed by atoms with Crippen molar-refractivity contribution in [3.05, 3.63) is 65.7 Å². The summed E-state index contributed by atoms with van der Waals surface area (Å²) in [7, 11) is 0. The number of benzene rings is 2. The van der Waals surface area contributed by atoms with E-state index in [0.717, 1.165) is 11.3 Å². The lowest BCUT2D eigenvalue weighted by Gasteiger charge is -2.35. The van der Waals surface area contributed by atoms with Gasteiger partial charge in [0, 0.05) is 25.3 Å². The zero-order valence-electron chi connectivity index (χ0n) is 17.1. The molecule has 0 radical (unpaired) electrons. The van der Waals surface area contributed by atoms with Crippen LogP contribution in [0.2, 0.25) is 0 Å². The van der Waals surface area contributed by atoms with Gasteiger partial charge in [-0.15, -0.1) is 0 Å². The number of hydrogen-bond acceptors (Lipinski definition) is 6. The molecular formula is C23H24N4O4. The molecule has 1 N–H and O–H groups in total. The highest BCUT2D eigenvalue weighted by Crippen LogP contribution is 2.17. The second kappa shape index (κ2) is 10.8. The Morgan fingerprint density at radius 1 is 1.06 bits per heavy atom. The predicted molar refractivity (Wildman–Crippen MR) is 114 cm³/mol. The van der Waals surface area contributed by atoms with Crippen molar-refractivity contribution in [2.45, 2.75) is 13.0 Å². The zero-order valence-corrected chi connectivity index (χ0v) is 17.1. The number of anilines is 1. The molecule has 1 saturated heterocycles. The molecule has 0 atom stereocenters. The van der Waals surface area contributed by atoms with E-state index in [0.29, 0.717) is 18.7 Å². The van der Waals surface area contributed by atoms with Crippen LogP contribution in [0.25, 0.3) is 0 Å². The number of carbonyl (C=O) groups excluding carboxylic acids is 3. The average molecular weight is 420 g/mol. The number of ether oxygens (including phenoxy) is 1. The summed E-state index contributed by atoms with van der Waals surface area (Å²) in [5, 5.41) is 11.5. The minimum absolute atomic E-state index is 0.0426. The fourth-order valence-electron chi connectivity index (χ4n) is 3.19. The molecule has 0 aliphatic carbocycles. The zero-order chi connectivity index (χ0) is 22.1. The molecule has 0 unspecified atom stereocenters. The van der Waals surface area contributed by atoms with Gasteiger partial charge >= 0.3 is 5.97 Å². The van der Waals surface area contributed by atoms with E-state index in [2.05, 4.69) is 11.4 Å². The van der Waals surface area contributed by atoms with E-state index in [9.17, 15) is 14.4 Å². The van der Waals surface area contributed by atoms with E-state index in [1.54, 1.807) is 12.1 Å². The van der Waals surface area contributed by atoms with Gasteiger partial charge in [-0.2, -0.15) is 5.26 Å². The molecule has 2 aromatic carbocycles. The highest BCUT2D eigenvalue weighted by atomic mass is 16.5. The van der Waals surface area contributed by atoms with Crippen LogP contribution >= 0.6 is 0 Å². The van der Waals surface area contributed by atoms with Gasteiger partial charge in [0.15, 0.2) is 0 Å². The number of rotatable bonds is 8. The Morgan fingerprint density at radius 2 is 1.81 bits per heavy atom. The van der Waals surface area contributed by atoms with Gasteiger partial charge in [-0.05, 0) is 29.8 Å². The Kier molecular flexibility index (Phi) is 7.60. The lowest BCUT2D eigenvalue weighted by atomic mass is 10.2. The van der Waals surface area contributed by atoms with Crippen molar-refractivity contribution in [3.8, 4) is 6.07 Å². The summed E-state index contributed by atoms with van der Waals surface area (Å²) in [6.07, 6.45) is 0.0684. The Balaban J connectivity index is 1.35. The van der Waals surface area contributed by atoms with Crippen molar-refractivity contribution in [3.63, 3.8) is 0 Å². The number of piperazine rings is 1. The Bertz CT molecular complexity index is 954. The molecule has 1 fully saturated rings. The van der Waals surface area contributed by atoms with E-state index in [1.165, 1.54) is 4.90 Å². The first kappa shape index (κ1) is 21.8. The topological polar surface area (TPSA) is 103 Å². The van der Waals surface area contributed by atoms with Gasteiger partial charge in [0.1, 0.15) is 6.61 Å². The molecule has 1 heterocycles. The molecule has 8 nitrogen and oxygen atoms in total. The number of carbonyl (C=O) groups is 3. The molecule has 2 aromatic rings. The van der Waals surface area contributed by atoms with Crippen LogP contribution in [0.4, 0.5) is 5.69 Å². The largest absolute Gasteiger partial charge is 0.461 e. The van der Waals surface area contributed by atoms with Gasteiger partial charge in [-0.1, -0.05) is 30.3 Å². The maximum atomic E-state index is 12.4. The fourth-order valence-corrected chi connectivity index (χ4v) is 3.19. The minimum atomic E-state index is -0.392. The second-order valence-corrected chi connectivity index (χ2v) is 7.14. The van der Waals surface area contributed by atoms with Crippen LogP contribution in [-0.4, -0.2) is 55.4 Å². The third-order valence-electron chi connectivity index (χ3n) is 4.91. The van der Waals surface area contributed by atoms with Gasteiger partial charge in [-0.3, -0.25) is 14.4 Å². The second-order valence-electron chi connectivity index (χ2n) is 7.14. The van der Waals surface area contributed by atoms with Crippen LogP contribution < -0.4 is 10.2 Å². The van der Waals surface area contributed by atoms with Crippen molar-refractivity contribution >= 4 is 23.5 Å². The van der Waals surface area contributed by atoms with E-state index in [-0.39, 0.29) is 44.5 Å². The quantitative estimate of drug-likeness (QED) is 0.649. The van der Waals surface area contributed by atoms with Gasteiger partial charge in [-0.25, -0.2) is 0 Å². The average Bonchev–Trinajstić information content (AvgIpc) is 2.80. The molecule has 0 saturated carbocycles. The maximum absolute atomic E-state index is 12.4. The Morgan fingerprint density at radius 3 is 2.48 bits per heavy atom. The smallest absolute Gasteiger partial charge is 0.307 e. The molecule has 1 aliphatic rings. The Hall–Kier alpha value is -3.86. The van der Waals surface area contributed by atoms with Gasteiger partial charge in [0.2, 0.25) is 11.8 Å². The van der Waals surface area contributed by atoms with E-state index >= 15 is 0 Å². The number of nitrogens with zero attached hydrogens (tertiary/aromatic N) is 3. The highest BCUT2D eigenvalue weighted by molar-refractivity contribution is 5.88. The molecule has 1 aliphatic heterocycles. The molecular weight excluding hydrogens is 396 g/mol. The van der Waals surface area contributed by atoms with Crippen LogP contribution in [0.1, 0.15) is 17.5 Å². The normalized spacial score (nSPS) is 13.5. The van der Waals surface area contributed by atoms with E-state index < -0.39 is 5.97 Å². The first-order chi connectivity index (χ1) is 15.0. The fraction of sp³-hybridized carbons (Fsp3) is 0.304. The van der Waals surface area contributed by atoms with Crippen molar-refractivity contribution < 1.29 is 19.1 Å². The molecule has 0 bridgehead atoms. The first-order valence-corrected chi connectivity index (χ1v) is 10.0. The Labute approximate surface area is 181 Å². The van der Waals surface area contributed by atoms with Crippen molar-refractivity contribution in [1.82, 2.24) is 10.2 Å². The number of hydrogen-bond donors (Lipinski definition) is 1. The highest BCUT2D eigenvalue weighted by Gasteiger charge is 2.25. The lowest BCUT2D eigenvalue weighted by Crippen LogP contribution is -2.53. The maximum Gasteiger partial charge on any atom is 0.307 e. The van der Waals surface area contributed by atoms with Gasteiger partial charge in [0.05, 0.1) is 31.1 Å². The molecule has 3 rings (SSSR count). The number of nitriles is 1. The minimum Gasteiger partial charge on any atom is -0.461 e. The summed E-state index contributed by atoms with van der Waals surface area (Å²) in [5.41, 5.74) is 2.33. The summed E-state index contributed by atoms with van der Waals surface area (Å²) >= 11 is 0. The number of amides is 2. The van der Waals surface area contributed by atoms with Crippen molar-refractivity contribution in [1.29, 1.82) is 5.26 Å². The molecule has 8 heteroatoms. The third-order valence-corrected chi connectivity index (χ3v) is 4.91. The summed E-state index contributed by atoms with van der Waals surface area (Å²) < 4.78 is 5.17. The van der Waals surface area contributed by atoms with Gasteiger partial charge < -0.3 is 19.9 Å². The van der Waals surface area contributed by atoms with Crippen LogP contribution in [0, 0.1) is 11.3 Å². The predicted octanol–water partition coefficient (Wildman–Crippen LogP) is 1.46. The van der Waals surface area contributed by atoms with Crippen molar-refractivity contribution in [2.24, 2.45) is 0 Å². The van der Waals surface area contributed by atoms with Crippen LogP contribution in [0.5, 0.6) is 0 Å². The number of nitrogens with one attached hydrogen (secondary N) is 1. The molecule has 160 valence electrons. The van der Waals surface area contributed by atoms with E-state index in [4.69, 9.17) is 10.00 Å². The number of esters is 1.